The monoisotopic (exact) mass is 700 g/mol. The second-order valence-electron chi connectivity index (χ2n) is 16.1. The van der Waals surface area contributed by atoms with Crippen molar-refractivity contribution in [2.24, 2.45) is 5.41 Å². The van der Waals surface area contributed by atoms with Gasteiger partial charge in [0.2, 0.25) is 0 Å². The molecule has 2 heterocycles. The molecule has 1 N–H and O–H groups in total. The van der Waals surface area contributed by atoms with Gasteiger partial charge in [-0.05, 0) is 153 Å². The largest absolute Gasteiger partial charge is 0.493 e. The zero-order chi connectivity index (χ0) is 37.0. The maximum Gasteiger partial charge on any atom is 0.419 e. The summed E-state index contributed by atoms with van der Waals surface area (Å²) < 4.78 is 19.2. The first kappa shape index (κ1) is 37.4. The van der Waals surface area contributed by atoms with Gasteiger partial charge in [0, 0.05) is 30.5 Å². The normalized spacial score (nSPS) is 25.2. The zero-order valence-corrected chi connectivity index (χ0v) is 32.9. The van der Waals surface area contributed by atoms with E-state index < -0.39 is 12.2 Å². The minimum atomic E-state index is -0.442. The van der Waals surface area contributed by atoms with Gasteiger partial charge < -0.3 is 24.4 Å². The summed E-state index contributed by atoms with van der Waals surface area (Å²) in [5.41, 5.74) is 8.51. The van der Waals surface area contributed by atoms with Crippen LogP contribution in [0.15, 0.2) is 24.0 Å². The summed E-state index contributed by atoms with van der Waals surface area (Å²) in [5, 5.41) is 3.20. The standard InChI is InChI=1S/C42H60N4O5/c1-25-26(2)28(4)37(30(27(25)3)16-17-32(47)31(44(7)8)14-12-13-22-43-6)46(10)40(48)50-34-19-20-41(5)35-24-29-15-18-33(49-11)38-36(29)42(41,39(34)51-38)21-23-45(35)9/h15,18-19,31,35,39,43H,12-14,16-17,20-24H2,1-11H3/t31?,35-,39+,41+,42+/m1/s1. The molecule has 4 aliphatic rings. The molecule has 1 amide bonds. The van der Waals surface area contributed by atoms with Crippen LogP contribution in [0.25, 0.3) is 0 Å². The van der Waals surface area contributed by atoms with Crippen LogP contribution in [0.4, 0.5) is 10.5 Å². The number of carbonyl (C=O) groups excluding carboxylic acids is 2. The van der Waals surface area contributed by atoms with E-state index in [-0.39, 0.29) is 22.7 Å². The fraction of sp³-hybridized carbons (Fsp3) is 0.619. The Morgan fingerprint density at radius 3 is 2.49 bits per heavy atom. The molecule has 9 nitrogen and oxygen atoms in total. The van der Waals surface area contributed by atoms with E-state index in [0.29, 0.717) is 24.6 Å². The van der Waals surface area contributed by atoms with Crippen molar-refractivity contribution in [1.29, 1.82) is 0 Å². The van der Waals surface area contributed by atoms with Crippen LogP contribution in [0.3, 0.4) is 0 Å². The number of hydrogen-bond acceptors (Lipinski definition) is 8. The lowest BCUT2D eigenvalue weighted by molar-refractivity contribution is -0.123. The van der Waals surface area contributed by atoms with E-state index in [1.165, 1.54) is 16.7 Å². The van der Waals surface area contributed by atoms with Crippen molar-refractivity contribution >= 4 is 17.6 Å². The quantitative estimate of drug-likeness (QED) is 0.235. The minimum Gasteiger partial charge on any atom is -0.493 e. The second kappa shape index (κ2) is 14.2. The number of likely N-dealkylation sites (tertiary alicyclic amines) is 1. The summed E-state index contributed by atoms with van der Waals surface area (Å²) in [6, 6.07) is 4.45. The Morgan fingerprint density at radius 2 is 1.80 bits per heavy atom. The number of piperidine rings is 1. The van der Waals surface area contributed by atoms with Crippen molar-refractivity contribution in [2.45, 2.75) is 110 Å². The van der Waals surface area contributed by atoms with Gasteiger partial charge in [0.05, 0.1) is 24.3 Å². The molecule has 0 aromatic heterocycles. The van der Waals surface area contributed by atoms with E-state index in [2.05, 4.69) is 64.0 Å². The fourth-order valence-corrected chi connectivity index (χ4v) is 10.2. The summed E-state index contributed by atoms with van der Waals surface area (Å²) in [7, 11) is 11.7. The van der Waals surface area contributed by atoms with Crippen LogP contribution in [0.2, 0.25) is 0 Å². The number of allylic oxidation sites excluding steroid dienone is 1. The highest BCUT2D eigenvalue weighted by molar-refractivity contribution is 5.91. The van der Waals surface area contributed by atoms with Gasteiger partial charge in [0.1, 0.15) is 11.5 Å². The lowest BCUT2D eigenvalue weighted by Gasteiger charge is -2.63. The number of rotatable bonds is 13. The predicted octanol–water partition coefficient (Wildman–Crippen LogP) is 6.58. The third-order valence-electron chi connectivity index (χ3n) is 13.5. The smallest absolute Gasteiger partial charge is 0.419 e. The molecule has 1 saturated heterocycles. The maximum atomic E-state index is 14.4. The number of hydrogen-bond donors (Lipinski definition) is 1. The van der Waals surface area contributed by atoms with E-state index in [1.54, 1.807) is 19.1 Å². The Bertz CT molecular complexity index is 1730. The number of Topliss-reactive ketones (excluding diaryl/α,β-unsaturated/α-hetero) is 1. The lowest BCUT2D eigenvalue weighted by atomic mass is 9.45. The molecule has 2 bridgehead atoms. The molecular weight excluding hydrogens is 640 g/mol. The summed E-state index contributed by atoms with van der Waals surface area (Å²) in [4.78, 5) is 34.3. The van der Waals surface area contributed by atoms with Crippen LogP contribution in [-0.4, -0.2) is 95.3 Å². The Balaban J connectivity index is 1.29. The van der Waals surface area contributed by atoms with E-state index in [9.17, 15) is 9.59 Å². The molecule has 2 aliphatic carbocycles. The summed E-state index contributed by atoms with van der Waals surface area (Å²) in [5.74, 6) is 2.36. The molecule has 2 aromatic carbocycles. The maximum absolute atomic E-state index is 14.4. The number of unbranched alkanes of at least 4 members (excludes halogenated alkanes) is 1. The van der Waals surface area contributed by atoms with E-state index in [1.807, 2.05) is 32.1 Å². The van der Waals surface area contributed by atoms with Crippen molar-refractivity contribution in [2.75, 3.05) is 60.3 Å². The molecule has 1 fully saturated rings. The minimum absolute atomic E-state index is 0.0874. The molecule has 5 atom stereocenters. The highest BCUT2D eigenvalue weighted by Crippen LogP contribution is 2.68. The number of anilines is 1. The van der Waals surface area contributed by atoms with Crippen LogP contribution < -0.4 is 19.7 Å². The number of nitrogens with zero attached hydrogens (tertiary/aromatic N) is 3. The topological polar surface area (TPSA) is 83.6 Å². The fourth-order valence-electron chi connectivity index (χ4n) is 10.2. The Kier molecular flexibility index (Phi) is 10.4. The summed E-state index contributed by atoms with van der Waals surface area (Å²) in [6.45, 7) is 12.7. The summed E-state index contributed by atoms with van der Waals surface area (Å²) >= 11 is 0. The van der Waals surface area contributed by atoms with Gasteiger partial charge in [0.15, 0.2) is 17.6 Å². The van der Waals surface area contributed by atoms with Gasteiger partial charge in [0.25, 0.3) is 0 Å². The molecule has 278 valence electrons. The average molecular weight is 701 g/mol. The number of methoxy groups -OCH3 is 1. The predicted molar refractivity (Wildman–Crippen MR) is 203 cm³/mol. The highest BCUT2D eigenvalue weighted by atomic mass is 16.6. The first-order valence-corrected chi connectivity index (χ1v) is 18.9. The number of carbonyl (C=O) groups is 2. The van der Waals surface area contributed by atoms with Crippen LogP contribution in [0.1, 0.15) is 84.4 Å². The van der Waals surface area contributed by atoms with Crippen LogP contribution in [0.5, 0.6) is 11.5 Å². The van der Waals surface area contributed by atoms with Gasteiger partial charge in [-0.3, -0.25) is 14.6 Å². The molecule has 0 saturated carbocycles. The number of ketones is 1. The van der Waals surface area contributed by atoms with Gasteiger partial charge in [-0.15, -0.1) is 0 Å². The van der Waals surface area contributed by atoms with Gasteiger partial charge in [-0.1, -0.05) is 19.4 Å². The van der Waals surface area contributed by atoms with Crippen LogP contribution >= 0.6 is 0 Å². The van der Waals surface area contributed by atoms with E-state index in [4.69, 9.17) is 14.2 Å². The van der Waals surface area contributed by atoms with Crippen LogP contribution in [-0.2, 0) is 27.8 Å². The average Bonchev–Trinajstić information content (AvgIpc) is 3.46. The molecule has 2 aromatic rings. The third-order valence-corrected chi connectivity index (χ3v) is 13.5. The van der Waals surface area contributed by atoms with Gasteiger partial charge in [-0.25, -0.2) is 4.79 Å². The molecule has 9 heteroatoms. The first-order valence-electron chi connectivity index (χ1n) is 18.9. The van der Waals surface area contributed by atoms with E-state index >= 15 is 0 Å². The van der Waals surface area contributed by atoms with Crippen molar-refractivity contribution < 1.29 is 23.8 Å². The molecule has 0 radical (unpaired) electrons. The highest BCUT2D eigenvalue weighted by Gasteiger charge is 2.70. The molecule has 1 spiro atoms. The molecule has 2 aliphatic heterocycles. The zero-order valence-electron chi connectivity index (χ0n) is 32.9. The molecule has 51 heavy (non-hydrogen) atoms. The second-order valence-corrected chi connectivity index (χ2v) is 16.1. The van der Waals surface area contributed by atoms with Gasteiger partial charge in [-0.2, -0.15) is 0 Å². The van der Waals surface area contributed by atoms with Crippen molar-refractivity contribution in [3.05, 3.63) is 62.9 Å². The molecule has 6 rings (SSSR count). The number of nitrogens with one attached hydrogen (secondary N) is 1. The lowest BCUT2D eigenvalue weighted by Crippen LogP contribution is -2.69. The van der Waals surface area contributed by atoms with Gasteiger partial charge >= 0.3 is 6.09 Å². The third kappa shape index (κ3) is 5.88. The Morgan fingerprint density at radius 1 is 1.08 bits per heavy atom. The number of likely N-dealkylation sites (N-methyl/N-ethyl adjacent to an activating group) is 2. The van der Waals surface area contributed by atoms with Crippen LogP contribution in [0, 0.1) is 33.1 Å². The first-order chi connectivity index (χ1) is 24.2. The Labute approximate surface area is 305 Å². The van der Waals surface area contributed by atoms with Crippen molar-refractivity contribution in [3.63, 3.8) is 0 Å². The molecule has 1 unspecified atom stereocenters. The number of benzene rings is 2. The SMILES string of the molecule is CNCCCCC(C(=O)CCc1c(C)c(C)c(C)c(C)c1N(C)C(=O)OC1=CC[C@@]2(C)[C@H]3Cc4ccc(OC)c5c4[C@@]2(CCN3C)[C@H]1O5)N(C)C. The van der Waals surface area contributed by atoms with E-state index in [0.717, 1.165) is 91.1 Å². The number of ether oxygens (including phenoxy) is 3. The molecular formula is C42H60N4O5. The Hall–Kier alpha value is -3.40. The number of amides is 1. The summed E-state index contributed by atoms with van der Waals surface area (Å²) in [6.07, 6.45) is 7.76. The van der Waals surface area contributed by atoms with Crippen molar-refractivity contribution in [1.82, 2.24) is 15.1 Å². The van der Waals surface area contributed by atoms with Crippen molar-refractivity contribution in [3.8, 4) is 11.5 Å².